The Kier molecular flexibility index (Phi) is 6.53. The van der Waals surface area contributed by atoms with Gasteiger partial charge in [0.05, 0.1) is 0 Å². The Morgan fingerprint density at radius 2 is 1.75 bits per heavy atom. The standard InChI is InChI=1S/C23H37N5/c1-24-22(28-14-11-23(20-28)9-5-10-23)25-12-6-13-26-15-17-27(18-16-26)19-21-7-3-2-4-8-21/h2-4,7-8H,5-6,9-20H2,1H3,(H,24,25). The molecule has 1 saturated carbocycles. The van der Waals surface area contributed by atoms with Crippen molar-refractivity contribution in [2.24, 2.45) is 10.4 Å². The van der Waals surface area contributed by atoms with Gasteiger partial charge in [-0.3, -0.25) is 9.89 Å². The molecule has 154 valence electrons. The molecular weight excluding hydrogens is 346 g/mol. The quantitative estimate of drug-likeness (QED) is 0.465. The first-order chi connectivity index (χ1) is 13.8. The number of piperazine rings is 1. The highest BCUT2D eigenvalue weighted by atomic mass is 15.3. The summed E-state index contributed by atoms with van der Waals surface area (Å²) in [6, 6.07) is 10.8. The Morgan fingerprint density at radius 3 is 2.39 bits per heavy atom. The van der Waals surface area contributed by atoms with Crippen LogP contribution in [0.2, 0.25) is 0 Å². The number of guanidine groups is 1. The highest BCUT2D eigenvalue weighted by Gasteiger charge is 2.43. The lowest BCUT2D eigenvalue weighted by Crippen LogP contribution is -2.47. The maximum absolute atomic E-state index is 4.54. The second kappa shape index (κ2) is 9.27. The summed E-state index contributed by atoms with van der Waals surface area (Å²) in [5, 5.41) is 3.62. The molecule has 2 aliphatic heterocycles. The van der Waals surface area contributed by atoms with E-state index in [1.165, 1.54) is 83.5 Å². The fraction of sp³-hybridized carbons (Fsp3) is 0.696. The Morgan fingerprint density at radius 1 is 1.00 bits per heavy atom. The third-order valence-corrected chi connectivity index (χ3v) is 7.01. The second-order valence-electron chi connectivity index (χ2n) is 8.96. The van der Waals surface area contributed by atoms with E-state index in [0.717, 1.165) is 19.0 Å². The zero-order valence-electron chi connectivity index (χ0n) is 17.6. The van der Waals surface area contributed by atoms with Gasteiger partial charge in [-0.05, 0) is 43.2 Å². The molecule has 2 heterocycles. The number of likely N-dealkylation sites (tertiary alicyclic amines) is 1. The summed E-state index contributed by atoms with van der Waals surface area (Å²) in [7, 11) is 1.93. The minimum Gasteiger partial charge on any atom is -0.356 e. The van der Waals surface area contributed by atoms with Crippen LogP contribution in [-0.4, -0.2) is 80.1 Å². The molecule has 1 spiro atoms. The van der Waals surface area contributed by atoms with Crippen molar-refractivity contribution in [1.82, 2.24) is 20.0 Å². The maximum atomic E-state index is 4.54. The molecule has 1 N–H and O–H groups in total. The summed E-state index contributed by atoms with van der Waals surface area (Å²) in [6.45, 7) is 10.4. The van der Waals surface area contributed by atoms with Crippen molar-refractivity contribution >= 4 is 5.96 Å². The lowest BCUT2D eigenvalue weighted by molar-refractivity contribution is 0.126. The van der Waals surface area contributed by atoms with Crippen molar-refractivity contribution in [2.75, 3.05) is 59.4 Å². The summed E-state index contributed by atoms with van der Waals surface area (Å²) in [5.74, 6) is 1.12. The van der Waals surface area contributed by atoms with Crippen molar-refractivity contribution in [3.05, 3.63) is 35.9 Å². The van der Waals surface area contributed by atoms with Crippen LogP contribution in [0.3, 0.4) is 0 Å². The van der Waals surface area contributed by atoms with Gasteiger partial charge in [0.2, 0.25) is 0 Å². The Bertz CT molecular complexity index is 632. The van der Waals surface area contributed by atoms with E-state index in [-0.39, 0.29) is 0 Å². The van der Waals surface area contributed by atoms with Gasteiger partial charge in [-0.2, -0.15) is 0 Å². The molecule has 1 aliphatic carbocycles. The van der Waals surface area contributed by atoms with Gasteiger partial charge in [-0.25, -0.2) is 0 Å². The van der Waals surface area contributed by atoms with Gasteiger partial charge in [-0.1, -0.05) is 36.8 Å². The summed E-state index contributed by atoms with van der Waals surface area (Å²) in [6.07, 6.45) is 6.84. The van der Waals surface area contributed by atoms with Crippen LogP contribution in [0.1, 0.15) is 37.7 Å². The summed E-state index contributed by atoms with van der Waals surface area (Å²) < 4.78 is 0. The number of hydrogen-bond donors (Lipinski definition) is 1. The molecule has 1 aromatic carbocycles. The van der Waals surface area contributed by atoms with Gasteiger partial charge in [0.25, 0.3) is 0 Å². The molecule has 1 aromatic rings. The van der Waals surface area contributed by atoms with Gasteiger partial charge in [0.1, 0.15) is 0 Å². The van der Waals surface area contributed by atoms with Crippen LogP contribution >= 0.6 is 0 Å². The fourth-order valence-corrected chi connectivity index (χ4v) is 5.05. The Balaban J connectivity index is 1.11. The van der Waals surface area contributed by atoms with Crippen molar-refractivity contribution in [3.8, 4) is 0 Å². The minimum atomic E-state index is 0.636. The lowest BCUT2D eigenvalue weighted by atomic mass is 9.68. The Labute approximate surface area is 170 Å². The van der Waals surface area contributed by atoms with Crippen LogP contribution in [0.5, 0.6) is 0 Å². The average molecular weight is 384 g/mol. The van der Waals surface area contributed by atoms with E-state index in [9.17, 15) is 0 Å². The van der Waals surface area contributed by atoms with Crippen LogP contribution in [-0.2, 0) is 6.54 Å². The average Bonchev–Trinajstić information content (AvgIpc) is 3.16. The summed E-state index contributed by atoms with van der Waals surface area (Å²) in [5.41, 5.74) is 2.06. The van der Waals surface area contributed by atoms with Gasteiger partial charge in [-0.15, -0.1) is 0 Å². The molecule has 0 unspecified atom stereocenters. The second-order valence-corrected chi connectivity index (χ2v) is 8.96. The minimum absolute atomic E-state index is 0.636. The first-order valence-corrected chi connectivity index (χ1v) is 11.2. The zero-order chi connectivity index (χ0) is 19.2. The Hall–Kier alpha value is -1.59. The molecule has 2 saturated heterocycles. The van der Waals surface area contributed by atoms with E-state index in [1.807, 2.05) is 7.05 Å². The monoisotopic (exact) mass is 383 g/mol. The molecule has 0 radical (unpaired) electrons. The van der Waals surface area contributed by atoms with Crippen molar-refractivity contribution in [2.45, 2.75) is 38.6 Å². The number of nitrogens with zero attached hydrogens (tertiary/aromatic N) is 4. The lowest BCUT2D eigenvalue weighted by Gasteiger charge is -2.38. The first-order valence-electron chi connectivity index (χ1n) is 11.2. The largest absolute Gasteiger partial charge is 0.356 e. The van der Waals surface area contributed by atoms with E-state index in [0.29, 0.717) is 5.41 Å². The zero-order valence-corrected chi connectivity index (χ0v) is 17.6. The van der Waals surface area contributed by atoms with Gasteiger partial charge >= 0.3 is 0 Å². The topological polar surface area (TPSA) is 34.1 Å². The summed E-state index contributed by atoms with van der Waals surface area (Å²) >= 11 is 0. The fourth-order valence-electron chi connectivity index (χ4n) is 5.05. The molecule has 0 aromatic heterocycles. The highest BCUT2D eigenvalue weighted by molar-refractivity contribution is 5.80. The number of nitrogens with one attached hydrogen (secondary N) is 1. The molecule has 4 rings (SSSR count). The maximum Gasteiger partial charge on any atom is 0.193 e. The van der Waals surface area contributed by atoms with Crippen LogP contribution in [0, 0.1) is 5.41 Å². The molecule has 0 bridgehead atoms. The molecule has 0 amide bonds. The van der Waals surface area contributed by atoms with Gasteiger partial charge < -0.3 is 15.1 Å². The van der Waals surface area contributed by atoms with Crippen LogP contribution in [0.25, 0.3) is 0 Å². The third-order valence-electron chi connectivity index (χ3n) is 7.01. The van der Waals surface area contributed by atoms with E-state index in [2.05, 4.69) is 55.3 Å². The smallest absolute Gasteiger partial charge is 0.193 e. The molecular formula is C23H37N5. The van der Waals surface area contributed by atoms with Crippen LogP contribution < -0.4 is 5.32 Å². The van der Waals surface area contributed by atoms with E-state index >= 15 is 0 Å². The first kappa shape index (κ1) is 19.7. The number of benzene rings is 1. The van der Waals surface area contributed by atoms with Gasteiger partial charge in [0, 0.05) is 59.4 Å². The predicted octanol–water partition coefficient (Wildman–Crippen LogP) is 2.65. The number of aliphatic imine (C=N–C) groups is 1. The van der Waals surface area contributed by atoms with Gasteiger partial charge in [0.15, 0.2) is 5.96 Å². The predicted molar refractivity (Wildman–Crippen MR) is 117 cm³/mol. The van der Waals surface area contributed by atoms with Crippen LogP contribution in [0.4, 0.5) is 0 Å². The molecule has 5 heteroatoms. The van der Waals surface area contributed by atoms with E-state index < -0.39 is 0 Å². The van der Waals surface area contributed by atoms with Crippen molar-refractivity contribution < 1.29 is 0 Å². The SMILES string of the molecule is CN=C(NCCCN1CCN(Cc2ccccc2)CC1)N1CCC2(CCC2)C1. The highest BCUT2D eigenvalue weighted by Crippen LogP contribution is 2.47. The van der Waals surface area contributed by atoms with E-state index in [1.54, 1.807) is 0 Å². The molecule has 3 fully saturated rings. The number of hydrogen-bond acceptors (Lipinski definition) is 3. The molecule has 28 heavy (non-hydrogen) atoms. The molecule has 0 atom stereocenters. The normalized spacial score (nSPS) is 23.2. The van der Waals surface area contributed by atoms with Crippen molar-refractivity contribution in [1.29, 1.82) is 0 Å². The van der Waals surface area contributed by atoms with Crippen LogP contribution in [0.15, 0.2) is 35.3 Å². The van der Waals surface area contributed by atoms with E-state index in [4.69, 9.17) is 0 Å². The number of rotatable bonds is 6. The third kappa shape index (κ3) is 4.87. The summed E-state index contributed by atoms with van der Waals surface area (Å²) in [4.78, 5) is 12.2. The molecule has 5 nitrogen and oxygen atoms in total. The van der Waals surface area contributed by atoms with Crippen molar-refractivity contribution in [3.63, 3.8) is 0 Å². The molecule has 3 aliphatic rings.